The summed E-state index contributed by atoms with van der Waals surface area (Å²) in [6.07, 6.45) is 5.09. The van der Waals surface area contributed by atoms with E-state index >= 15 is 0 Å². The van der Waals surface area contributed by atoms with Crippen LogP contribution in [-0.2, 0) is 0 Å². The lowest BCUT2D eigenvalue weighted by atomic mass is 10.2. The molecule has 78 valence electrons. The molecule has 0 spiro atoms. The molecule has 2 heteroatoms. The van der Waals surface area contributed by atoms with Gasteiger partial charge in [-0.2, -0.15) is 0 Å². The molecule has 0 saturated carbocycles. The SMILES string of the molecule is C=CC(=N/C=C\C)Oc1ccc(C)cc1. The predicted molar refractivity (Wildman–Crippen MR) is 64.3 cm³/mol. The van der Waals surface area contributed by atoms with Crippen molar-refractivity contribution in [3.8, 4) is 5.75 Å². The second kappa shape index (κ2) is 5.81. The van der Waals surface area contributed by atoms with Crippen molar-refractivity contribution in [1.29, 1.82) is 0 Å². The van der Waals surface area contributed by atoms with E-state index in [2.05, 4.69) is 11.6 Å². The number of ether oxygens (including phenoxy) is 1. The molecule has 0 atom stereocenters. The van der Waals surface area contributed by atoms with Gasteiger partial charge in [-0.1, -0.05) is 30.4 Å². The van der Waals surface area contributed by atoms with Crippen molar-refractivity contribution in [3.63, 3.8) is 0 Å². The number of allylic oxidation sites excluding steroid dienone is 1. The summed E-state index contributed by atoms with van der Waals surface area (Å²) < 4.78 is 5.50. The van der Waals surface area contributed by atoms with Gasteiger partial charge in [-0.3, -0.25) is 0 Å². The van der Waals surface area contributed by atoms with Crippen LogP contribution in [0.15, 0.2) is 54.2 Å². The second-order valence-electron chi connectivity index (χ2n) is 3.07. The molecule has 0 amide bonds. The van der Waals surface area contributed by atoms with Gasteiger partial charge in [0.2, 0.25) is 5.90 Å². The van der Waals surface area contributed by atoms with E-state index in [0.29, 0.717) is 5.90 Å². The average molecular weight is 201 g/mol. The van der Waals surface area contributed by atoms with E-state index in [1.807, 2.05) is 44.2 Å². The molecule has 0 aliphatic rings. The van der Waals surface area contributed by atoms with E-state index in [-0.39, 0.29) is 0 Å². The number of benzene rings is 1. The molecule has 0 aromatic heterocycles. The first kappa shape index (κ1) is 11.2. The van der Waals surface area contributed by atoms with E-state index in [0.717, 1.165) is 5.75 Å². The largest absolute Gasteiger partial charge is 0.439 e. The Labute approximate surface area is 90.6 Å². The maximum atomic E-state index is 5.50. The van der Waals surface area contributed by atoms with Gasteiger partial charge in [0, 0.05) is 6.20 Å². The lowest BCUT2D eigenvalue weighted by Crippen LogP contribution is -2.03. The minimum Gasteiger partial charge on any atom is -0.439 e. The Morgan fingerprint density at radius 1 is 1.33 bits per heavy atom. The molecular weight excluding hydrogens is 186 g/mol. The van der Waals surface area contributed by atoms with Crippen LogP contribution in [0, 0.1) is 6.92 Å². The van der Waals surface area contributed by atoms with Crippen LogP contribution in [0.25, 0.3) is 0 Å². The zero-order valence-electron chi connectivity index (χ0n) is 9.10. The van der Waals surface area contributed by atoms with Crippen molar-refractivity contribution >= 4 is 5.90 Å². The molecule has 15 heavy (non-hydrogen) atoms. The number of nitrogens with zero attached hydrogens (tertiary/aromatic N) is 1. The summed E-state index contributed by atoms with van der Waals surface area (Å²) in [6, 6.07) is 7.80. The summed E-state index contributed by atoms with van der Waals surface area (Å²) in [4.78, 5) is 4.07. The third-order valence-electron chi connectivity index (χ3n) is 1.77. The minimum absolute atomic E-state index is 0.497. The molecule has 0 bridgehead atoms. The molecule has 0 aliphatic carbocycles. The maximum absolute atomic E-state index is 5.50. The quantitative estimate of drug-likeness (QED) is 0.542. The molecule has 0 unspecified atom stereocenters. The van der Waals surface area contributed by atoms with Crippen LogP contribution < -0.4 is 4.74 Å². The number of aryl methyl sites for hydroxylation is 1. The van der Waals surface area contributed by atoms with Crippen LogP contribution in [0.2, 0.25) is 0 Å². The number of hydrogen-bond donors (Lipinski definition) is 0. The zero-order valence-corrected chi connectivity index (χ0v) is 9.10. The summed E-state index contributed by atoms with van der Waals surface area (Å²) in [7, 11) is 0. The van der Waals surface area contributed by atoms with Gasteiger partial charge in [0.1, 0.15) is 5.75 Å². The second-order valence-corrected chi connectivity index (χ2v) is 3.07. The fourth-order valence-corrected chi connectivity index (χ4v) is 0.996. The highest BCUT2D eigenvalue weighted by atomic mass is 16.5. The van der Waals surface area contributed by atoms with Crippen molar-refractivity contribution < 1.29 is 4.74 Å². The Morgan fingerprint density at radius 3 is 2.53 bits per heavy atom. The molecule has 0 fully saturated rings. The van der Waals surface area contributed by atoms with Crippen LogP contribution in [0.1, 0.15) is 12.5 Å². The van der Waals surface area contributed by atoms with Gasteiger partial charge in [0.05, 0.1) is 0 Å². The van der Waals surface area contributed by atoms with Crippen LogP contribution >= 0.6 is 0 Å². The number of aliphatic imine (C=N–C) groups is 1. The highest BCUT2D eigenvalue weighted by Crippen LogP contribution is 2.12. The summed E-state index contributed by atoms with van der Waals surface area (Å²) in [5.74, 6) is 1.26. The standard InChI is InChI=1S/C13H15NO/c1-4-10-14-13(5-2)15-12-8-6-11(3)7-9-12/h4-10H,2H2,1,3H3/b10-4-,14-13?. The molecule has 1 aromatic rings. The summed E-state index contributed by atoms with van der Waals surface area (Å²) in [5.41, 5.74) is 1.20. The molecule has 0 radical (unpaired) electrons. The zero-order chi connectivity index (χ0) is 11.1. The van der Waals surface area contributed by atoms with Gasteiger partial charge >= 0.3 is 0 Å². The van der Waals surface area contributed by atoms with Gasteiger partial charge in [-0.05, 0) is 32.1 Å². The third-order valence-corrected chi connectivity index (χ3v) is 1.77. The fraction of sp³-hybridized carbons (Fsp3) is 0.154. The van der Waals surface area contributed by atoms with Crippen molar-refractivity contribution in [2.75, 3.05) is 0 Å². The smallest absolute Gasteiger partial charge is 0.218 e. The first-order valence-electron chi connectivity index (χ1n) is 4.82. The minimum atomic E-state index is 0.497. The third kappa shape index (κ3) is 3.81. The average Bonchev–Trinajstić information content (AvgIpc) is 2.27. The Kier molecular flexibility index (Phi) is 4.35. The van der Waals surface area contributed by atoms with Crippen LogP contribution in [0.3, 0.4) is 0 Å². The Balaban J connectivity index is 2.75. The van der Waals surface area contributed by atoms with Crippen LogP contribution in [0.5, 0.6) is 5.75 Å². The monoisotopic (exact) mass is 201 g/mol. The van der Waals surface area contributed by atoms with Crippen molar-refractivity contribution in [2.24, 2.45) is 4.99 Å². The molecule has 0 saturated heterocycles. The summed E-state index contributed by atoms with van der Waals surface area (Å²) in [5, 5.41) is 0. The van der Waals surface area contributed by atoms with E-state index in [1.165, 1.54) is 5.56 Å². The molecule has 2 nitrogen and oxygen atoms in total. The van der Waals surface area contributed by atoms with Crippen LogP contribution in [-0.4, -0.2) is 5.90 Å². The molecule has 1 rings (SSSR count). The van der Waals surface area contributed by atoms with Gasteiger partial charge < -0.3 is 4.74 Å². The molecule has 0 N–H and O–H groups in total. The number of hydrogen-bond acceptors (Lipinski definition) is 2. The number of rotatable bonds is 3. The topological polar surface area (TPSA) is 21.6 Å². The van der Waals surface area contributed by atoms with Gasteiger partial charge in [-0.15, -0.1) is 0 Å². The van der Waals surface area contributed by atoms with E-state index in [9.17, 15) is 0 Å². The molecule has 0 heterocycles. The van der Waals surface area contributed by atoms with Crippen molar-refractivity contribution in [3.05, 3.63) is 54.8 Å². The van der Waals surface area contributed by atoms with Crippen molar-refractivity contribution in [2.45, 2.75) is 13.8 Å². The highest BCUT2D eigenvalue weighted by molar-refractivity contribution is 5.89. The normalized spacial score (nSPS) is 11.7. The van der Waals surface area contributed by atoms with Gasteiger partial charge in [0.25, 0.3) is 0 Å². The highest BCUT2D eigenvalue weighted by Gasteiger charge is 1.96. The molecular formula is C13H15NO. The molecule has 0 aliphatic heterocycles. The van der Waals surface area contributed by atoms with Crippen LogP contribution in [0.4, 0.5) is 0 Å². The molecule has 1 aromatic carbocycles. The Bertz CT molecular complexity index is 374. The lowest BCUT2D eigenvalue weighted by Gasteiger charge is -2.04. The lowest BCUT2D eigenvalue weighted by molar-refractivity contribution is 0.555. The predicted octanol–water partition coefficient (Wildman–Crippen LogP) is 3.49. The van der Waals surface area contributed by atoms with Gasteiger partial charge in [0.15, 0.2) is 0 Å². The van der Waals surface area contributed by atoms with Crippen molar-refractivity contribution in [1.82, 2.24) is 0 Å². The Morgan fingerprint density at radius 2 is 2.00 bits per heavy atom. The Hall–Kier alpha value is -1.83. The van der Waals surface area contributed by atoms with E-state index in [1.54, 1.807) is 12.3 Å². The first-order valence-corrected chi connectivity index (χ1v) is 4.82. The summed E-state index contributed by atoms with van der Waals surface area (Å²) >= 11 is 0. The fourth-order valence-electron chi connectivity index (χ4n) is 0.996. The van der Waals surface area contributed by atoms with Gasteiger partial charge in [-0.25, -0.2) is 4.99 Å². The van der Waals surface area contributed by atoms with E-state index in [4.69, 9.17) is 4.74 Å². The summed E-state index contributed by atoms with van der Waals surface area (Å²) in [6.45, 7) is 7.57. The van der Waals surface area contributed by atoms with E-state index < -0.39 is 0 Å². The first-order chi connectivity index (χ1) is 7.26. The maximum Gasteiger partial charge on any atom is 0.218 e.